The molecule has 1 fully saturated rings. The smallest absolute Gasteiger partial charge is 0.275 e. The maximum Gasteiger partial charge on any atom is 0.275 e. The quantitative estimate of drug-likeness (QED) is 0.904. The van der Waals surface area contributed by atoms with E-state index in [4.69, 9.17) is 10.5 Å². The first-order valence-corrected chi connectivity index (χ1v) is 7.05. The second-order valence-electron chi connectivity index (χ2n) is 5.32. The van der Waals surface area contributed by atoms with Crippen molar-refractivity contribution in [1.82, 2.24) is 14.9 Å². The predicted molar refractivity (Wildman–Crippen MR) is 76.5 cm³/mol. The summed E-state index contributed by atoms with van der Waals surface area (Å²) in [6.07, 6.45) is 2.38. The Labute approximate surface area is 119 Å². The fourth-order valence-electron chi connectivity index (χ4n) is 2.25. The maximum atomic E-state index is 12.7. The highest BCUT2D eigenvalue weighted by Crippen LogP contribution is 2.19. The third kappa shape index (κ3) is 2.90. The van der Waals surface area contributed by atoms with Crippen LogP contribution in [0.25, 0.3) is 0 Å². The molecule has 1 unspecified atom stereocenters. The standard InChI is InChI=1S/C14H22N4O2/c1-4-10-8-20-6-5-18(10)14(19)12-11(15)7-16-13(17-12)9(2)3/h7,9-10H,4-6,8,15H2,1-3H3. The molecule has 2 heterocycles. The molecular weight excluding hydrogens is 256 g/mol. The molecule has 0 saturated carbocycles. The van der Waals surface area contributed by atoms with Crippen molar-refractivity contribution in [2.24, 2.45) is 0 Å². The fraction of sp³-hybridized carbons (Fsp3) is 0.643. The monoisotopic (exact) mass is 278 g/mol. The summed E-state index contributed by atoms with van der Waals surface area (Å²) in [7, 11) is 0. The second kappa shape index (κ2) is 6.17. The zero-order chi connectivity index (χ0) is 14.7. The summed E-state index contributed by atoms with van der Waals surface area (Å²) in [5.74, 6) is 0.680. The average Bonchev–Trinajstić information content (AvgIpc) is 2.46. The molecule has 2 N–H and O–H groups in total. The number of nitrogens with zero attached hydrogens (tertiary/aromatic N) is 3. The van der Waals surface area contributed by atoms with Crippen LogP contribution in [0.1, 0.15) is 49.4 Å². The Balaban J connectivity index is 2.29. The van der Waals surface area contributed by atoms with Crippen LogP contribution in [0.3, 0.4) is 0 Å². The van der Waals surface area contributed by atoms with Gasteiger partial charge in [-0.3, -0.25) is 4.79 Å². The molecule has 20 heavy (non-hydrogen) atoms. The first-order chi connectivity index (χ1) is 9.54. The van der Waals surface area contributed by atoms with E-state index in [2.05, 4.69) is 9.97 Å². The molecule has 1 aromatic rings. The Bertz CT molecular complexity index is 490. The van der Waals surface area contributed by atoms with E-state index in [1.807, 2.05) is 25.7 Å². The maximum absolute atomic E-state index is 12.7. The molecule has 1 aliphatic heterocycles. The summed E-state index contributed by atoms with van der Waals surface area (Å²) < 4.78 is 5.42. The summed E-state index contributed by atoms with van der Waals surface area (Å²) >= 11 is 0. The van der Waals surface area contributed by atoms with Gasteiger partial charge in [-0.25, -0.2) is 9.97 Å². The van der Waals surface area contributed by atoms with Crippen molar-refractivity contribution in [3.63, 3.8) is 0 Å². The van der Waals surface area contributed by atoms with E-state index in [0.29, 0.717) is 37.0 Å². The lowest BCUT2D eigenvalue weighted by atomic mass is 10.1. The number of rotatable bonds is 3. The van der Waals surface area contributed by atoms with E-state index < -0.39 is 0 Å². The van der Waals surface area contributed by atoms with E-state index in [-0.39, 0.29) is 17.9 Å². The molecule has 110 valence electrons. The number of amides is 1. The van der Waals surface area contributed by atoms with Gasteiger partial charge in [-0.2, -0.15) is 0 Å². The molecule has 0 bridgehead atoms. The Morgan fingerprint density at radius 2 is 2.35 bits per heavy atom. The SMILES string of the molecule is CCC1COCCN1C(=O)c1nc(C(C)C)ncc1N. The summed E-state index contributed by atoms with van der Waals surface area (Å²) in [4.78, 5) is 23.0. The topological polar surface area (TPSA) is 81.3 Å². The lowest BCUT2D eigenvalue weighted by Crippen LogP contribution is -2.48. The van der Waals surface area contributed by atoms with Gasteiger partial charge in [0.15, 0.2) is 5.69 Å². The van der Waals surface area contributed by atoms with Crippen molar-refractivity contribution >= 4 is 11.6 Å². The Hall–Kier alpha value is -1.69. The lowest BCUT2D eigenvalue weighted by Gasteiger charge is -2.35. The van der Waals surface area contributed by atoms with Crippen LogP contribution in [-0.2, 0) is 4.74 Å². The van der Waals surface area contributed by atoms with Crippen LogP contribution in [0.2, 0.25) is 0 Å². The lowest BCUT2D eigenvalue weighted by molar-refractivity contribution is -0.00307. The summed E-state index contributed by atoms with van der Waals surface area (Å²) in [6, 6.07) is 0.0908. The number of nitrogen functional groups attached to an aromatic ring is 1. The van der Waals surface area contributed by atoms with E-state index >= 15 is 0 Å². The van der Waals surface area contributed by atoms with Crippen LogP contribution in [-0.4, -0.2) is 46.6 Å². The zero-order valence-corrected chi connectivity index (χ0v) is 12.3. The predicted octanol–water partition coefficient (Wildman–Crippen LogP) is 1.43. The van der Waals surface area contributed by atoms with Crippen LogP contribution in [0.15, 0.2) is 6.20 Å². The van der Waals surface area contributed by atoms with Gasteiger partial charge in [0, 0.05) is 12.5 Å². The number of nitrogens with two attached hydrogens (primary N) is 1. The molecule has 1 amide bonds. The number of carbonyl (C=O) groups is 1. The van der Waals surface area contributed by atoms with Crippen molar-refractivity contribution in [3.05, 3.63) is 17.7 Å². The molecule has 1 atom stereocenters. The highest BCUT2D eigenvalue weighted by atomic mass is 16.5. The zero-order valence-electron chi connectivity index (χ0n) is 12.3. The van der Waals surface area contributed by atoms with E-state index in [0.717, 1.165) is 6.42 Å². The normalized spacial score (nSPS) is 19.4. The van der Waals surface area contributed by atoms with Gasteiger partial charge in [0.2, 0.25) is 0 Å². The molecule has 6 heteroatoms. The number of hydrogen-bond acceptors (Lipinski definition) is 5. The molecule has 1 saturated heterocycles. The van der Waals surface area contributed by atoms with Crippen LogP contribution in [0.4, 0.5) is 5.69 Å². The Morgan fingerprint density at radius 3 is 3.00 bits per heavy atom. The number of aromatic nitrogens is 2. The second-order valence-corrected chi connectivity index (χ2v) is 5.32. The van der Waals surface area contributed by atoms with Crippen molar-refractivity contribution in [1.29, 1.82) is 0 Å². The van der Waals surface area contributed by atoms with Crippen LogP contribution < -0.4 is 5.73 Å². The van der Waals surface area contributed by atoms with E-state index in [1.54, 1.807) is 0 Å². The number of carbonyl (C=O) groups excluding carboxylic acids is 1. The molecule has 0 aromatic carbocycles. The first-order valence-electron chi connectivity index (χ1n) is 7.05. The molecule has 1 aromatic heterocycles. The van der Waals surface area contributed by atoms with Crippen LogP contribution in [0.5, 0.6) is 0 Å². The average molecular weight is 278 g/mol. The summed E-state index contributed by atoms with van der Waals surface area (Å²) in [6.45, 7) is 7.74. The summed E-state index contributed by atoms with van der Waals surface area (Å²) in [5.41, 5.74) is 6.52. The number of ether oxygens (including phenoxy) is 1. The van der Waals surface area contributed by atoms with Gasteiger partial charge >= 0.3 is 0 Å². The minimum atomic E-state index is -0.123. The Kier molecular flexibility index (Phi) is 4.54. The van der Waals surface area contributed by atoms with Gasteiger partial charge in [0.25, 0.3) is 5.91 Å². The molecular formula is C14H22N4O2. The third-order valence-corrected chi connectivity index (χ3v) is 3.51. The molecule has 0 aliphatic carbocycles. The molecule has 1 aliphatic rings. The van der Waals surface area contributed by atoms with Gasteiger partial charge < -0.3 is 15.4 Å². The van der Waals surface area contributed by atoms with E-state index in [9.17, 15) is 4.79 Å². The van der Waals surface area contributed by atoms with Crippen LogP contribution >= 0.6 is 0 Å². The fourth-order valence-corrected chi connectivity index (χ4v) is 2.25. The minimum Gasteiger partial charge on any atom is -0.396 e. The number of morpholine rings is 1. The number of anilines is 1. The Morgan fingerprint density at radius 1 is 1.60 bits per heavy atom. The van der Waals surface area contributed by atoms with Crippen molar-refractivity contribution in [2.45, 2.75) is 39.2 Å². The molecule has 2 rings (SSSR count). The van der Waals surface area contributed by atoms with Crippen molar-refractivity contribution in [2.75, 3.05) is 25.5 Å². The molecule has 0 radical (unpaired) electrons. The summed E-state index contributed by atoms with van der Waals surface area (Å²) in [5, 5.41) is 0. The van der Waals surface area contributed by atoms with E-state index in [1.165, 1.54) is 6.20 Å². The van der Waals surface area contributed by atoms with Crippen LogP contribution in [0, 0.1) is 0 Å². The van der Waals surface area contributed by atoms with Gasteiger partial charge in [-0.05, 0) is 6.42 Å². The minimum absolute atomic E-state index is 0.0908. The van der Waals surface area contributed by atoms with Crippen molar-refractivity contribution < 1.29 is 9.53 Å². The van der Waals surface area contributed by atoms with Gasteiger partial charge in [-0.1, -0.05) is 20.8 Å². The van der Waals surface area contributed by atoms with Gasteiger partial charge in [0.1, 0.15) is 5.82 Å². The van der Waals surface area contributed by atoms with Crippen molar-refractivity contribution in [3.8, 4) is 0 Å². The largest absolute Gasteiger partial charge is 0.396 e. The number of hydrogen-bond donors (Lipinski definition) is 1. The van der Waals surface area contributed by atoms with Gasteiger partial charge in [-0.15, -0.1) is 0 Å². The highest BCUT2D eigenvalue weighted by Gasteiger charge is 2.29. The third-order valence-electron chi connectivity index (χ3n) is 3.51. The highest BCUT2D eigenvalue weighted by molar-refractivity contribution is 5.97. The molecule has 0 spiro atoms. The van der Waals surface area contributed by atoms with Gasteiger partial charge in [0.05, 0.1) is 31.1 Å². The molecule has 6 nitrogen and oxygen atoms in total. The first kappa shape index (κ1) is 14.7.